The molecule has 0 aliphatic carbocycles. The lowest BCUT2D eigenvalue weighted by molar-refractivity contribution is 0.506. The maximum Gasteiger partial charge on any atom is 0.134 e. The van der Waals surface area contributed by atoms with Crippen molar-refractivity contribution in [3.63, 3.8) is 0 Å². The molecule has 0 fully saturated rings. The Morgan fingerprint density at radius 1 is 1.20 bits per heavy atom. The molecule has 0 spiro atoms. The maximum atomic E-state index is 14.3. The fourth-order valence-corrected chi connectivity index (χ4v) is 2.79. The van der Waals surface area contributed by atoms with Crippen molar-refractivity contribution >= 4 is 22.6 Å². The Bertz CT molecular complexity index is 613. The van der Waals surface area contributed by atoms with Crippen LogP contribution in [0.25, 0.3) is 0 Å². The minimum absolute atomic E-state index is 0.0915. The lowest BCUT2D eigenvalue weighted by Crippen LogP contribution is -2.24. The van der Waals surface area contributed by atoms with Gasteiger partial charge in [-0.25, -0.2) is 8.78 Å². The summed E-state index contributed by atoms with van der Waals surface area (Å²) < 4.78 is 29.5. The van der Waals surface area contributed by atoms with Gasteiger partial charge in [0.1, 0.15) is 11.6 Å². The van der Waals surface area contributed by atoms with E-state index < -0.39 is 17.7 Å². The number of benzene rings is 2. The molecule has 1 atom stereocenters. The van der Waals surface area contributed by atoms with Gasteiger partial charge < -0.3 is 5.32 Å². The van der Waals surface area contributed by atoms with Gasteiger partial charge in [0.05, 0.1) is 6.04 Å². The van der Waals surface area contributed by atoms with Crippen molar-refractivity contribution in [2.24, 2.45) is 0 Å². The highest BCUT2D eigenvalue weighted by Crippen LogP contribution is 2.29. The summed E-state index contributed by atoms with van der Waals surface area (Å²) in [4.78, 5) is 0. The molecule has 0 radical (unpaired) electrons. The average molecular weight is 387 g/mol. The van der Waals surface area contributed by atoms with E-state index >= 15 is 0 Å². The largest absolute Gasteiger partial charge is 0.306 e. The number of aryl methyl sites for hydroxylation is 1. The lowest BCUT2D eigenvalue weighted by Gasteiger charge is -2.21. The molecule has 1 N–H and O–H groups in total. The second-order valence-electron chi connectivity index (χ2n) is 4.64. The van der Waals surface area contributed by atoms with Crippen LogP contribution < -0.4 is 5.32 Å². The van der Waals surface area contributed by atoms with Crippen molar-refractivity contribution in [1.29, 1.82) is 0 Å². The molecule has 0 aliphatic heterocycles. The third-order valence-corrected chi connectivity index (χ3v) is 3.87. The number of halogens is 3. The average Bonchev–Trinajstić information content (AvgIpc) is 2.42. The predicted molar refractivity (Wildman–Crippen MR) is 85.8 cm³/mol. The van der Waals surface area contributed by atoms with Crippen molar-refractivity contribution < 1.29 is 8.78 Å². The van der Waals surface area contributed by atoms with Crippen molar-refractivity contribution in [3.8, 4) is 0 Å². The second-order valence-corrected chi connectivity index (χ2v) is 5.88. The van der Waals surface area contributed by atoms with Crippen LogP contribution in [0.5, 0.6) is 0 Å². The third kappa shape index (κ3) is 3.17. The first-order chi connectivity index (χ1) is 9.54. The highest BCUT2D eigenvalue weighted by Gasteiger charge is 2.22. The van der Waals surface area contributed by atoms with Crippen molar-refractivity contribution in [3.05, 3.63) is 68.3 Å². The molecule has 106 valence electrons. The molecule has 20 heavy (non-hydrogen) atoms. The zero-order chi connectivity index (χ0) is 14.7. The third-order valence-electron chi connectivity index (χ3n) is 3.20. The molecule has 2 aromatic carbocycles. The van der Waals surface area contributed by atoms with Gasteiger partial charge in [-0.15, -0.1) is 0 Å². The molecule has 0 saturated carbocycles. The van der Waals surface area contributed by atoms with E-state index in [0.29, 0.717) is 12.1 Å². The zero-order valence-corrected chi connectivity index (χ0v) is 13.5. The molecular weight excluding hydrogens is 371 g/mol. The van der Waals surface area contributed by atoms with E-state index in [2.05, 4.69) is 27.9 Å². The number of hydrogen-bond donors (Lipinski definition) is 1. The lowest BCUT2D eigenvalue weighted by atomic mass is 9.96. The number of rotatable bonds is 4. The van der Waals surface area contributed by atoms with E-state index in [1.54, 1.807) is 6.92 Å². The molecule has 0 saturated heterocycles. The van der Waals surface area contributed by atoms with Gasteiger partial charge in [0, 0.05) is 9.13 Å². The van der Waals surface area contributed by atoms with Crippen LogP contribution in [0.4, 0.5) is 8.78 Å². The van der Waals surface area contributed by atoms with Crippen LogP contribution in [0.1, 0.15) is 29.7 Å². The van der Waals surface area contributed by atoms with E-state index in [1.807, 2.05) is 31.2 Å². The maximum absolute atomic E-state index is 14.3. The van der Waals surface area contributed by atoms with Crippen LogP contribution in [-0.2, 0) is 0 Å². The fourth-order valence-electron chi connectivity index (χ4n) is 2.22. The van der Waals surface area contributed by atoms with Gasteiger partial charge >= 0.3 is 0 Å². The van der Waals surface area contributed by atoms with Gasteiger partial charge in [-0.1, -0.05) is 25.1 Å². The summed E-state index contributed by atoms with van der Waals surface area (Å²) in [6.07, 6.45) is 0. The molecule has 0 aromatic heterocycles. The molecular formula is C16H16F2IN. The summed E-state index contributed by atoms with van der Waals surface area (Å²) in [5, 5.41) is 3.17. The molecule has 2 aromatic rings. The molecule has 0 amide bonds. The highest BCUT2D eigenvalue weighted by atomic mass is 127. The minimum atomic E-state index is -0.516. The van der Waals surface area contributed by atoms with E-state index in [4.69, 9.17) is 0 Å². The number of nitrogens with one attached hydrogen (secondary N) is 1. The Hall–Kier alpha value is -1.01. The van der Waals surface area contributed by atoms with Gasteiger partial charge in [-0.05, 0) is 65.4 Å². The Morgan fingerprint density at radius 3 is 2.60 bits per heavy atom. The SMILES string of the molecule is CCNC(c1cccc(I)c1)c1c(F)ccc(C)c1F. The summed E-state index contributed by atoms with van der Waals surface area (Å²) in [6, 6.07) is 9.99. The summed E-state index contributed by atoms with van der Waals surface area (Å²) >= 11 is 2.20. The van der Waals surface area contributed by atoms with Gasteiger partial charge in [0.15, 0.2) is 0 Å². The van der Waals surface area contributed by atoms with E-state index in [9.17, 15) is 8.78 Å². The molecule has 0 aliphatic rings. The predicted octanol–water partition coefficient (Wildman–Crippen LogP) is 4.58. The summed E-state index contributed by atoms with van der Waals surface area (Å²) in [5.74, 6) is -0.993. The first-order valence-corrected chi connectivity index (χ1v) is 7.55. The molecule has 0 heterocycles. The van der Waals surface area contributed by atoms with E-state index in [-0.39, 0.29) is 5.56 Å². The summed E-state index contributed by atoms with van der Waals surface area (Å²) in [6.45, 7) is 4.20. The first-order valence-electron chi connectivity index (χ1n) is 6.48. The Labute approximate surface area is 131 Å². The van der Waals surface area contributed by atoms with Crippen molar-refractivity contribution in [1.82, 2.24) is 5.32 Å². The summed E-state index contributed by atoms with van der Waals surface area (Å²) in [5.41, 5.74) is 1.41. The Morgan fingerprint density at radius 2 is 1.95 bits per heavy atom. The zero-order valence-electron chi connectivity index (χ0n) is 11.4. The van der Waals surface area contributed by atoms with E-state index in [0.717, 1.165) is 9.13 Å². The van der Waals surface area contributed by atoms with Crippen LogP contribution in [0.15, 0.2) is 36.4 Å². The second kappa shape index (κ2) is 6.63. The molecule has 1 nitrogen and oxygen atoms in total. The van der Waals surface area contributed by atoms with Crippen LogP contribution in [0, 0.1) is 22.1 Å². The molecule has 4 heteroatoms. The van der Waals surface area contributed by atoms with Crippen LogP contribution >= 0.6 is 22.6 Å². The molecule has 2 rings (SSSR count). The fraction of sp³-hybridized carbons (Fsp3) is 0.250. The normalized spacial score (nSPS) is 12.4. The van der Waals surface area contributed by atoms with Crippen molar-refractivity contribution in [2.75, 3.05) is 6.54 Å². The minimum Gasteiger partial charge on any atom is -0.306 e. The number of hydrogen-bond acceptors (Lipinski definition) is 1. The van der Waals surface area contributed by atoms with Gasteiger partial charge in [0.2, 0.25) is 0 Å². The molecule has 0 bridgehead atoms. The quantitative estimate of drug-likeness (QED) is 0.758. The topological polar surface area (TPSA) is 12.0 Å². The van der Waals surface area contributed by atoms with Crippen molar-refractivity contribution in [2.45, 2.75) is 19.9 Å². The van der Waals surface area contributed by atoms with Crippen LogP contribution in [0.2, 0.25) is 0 Å². The monoisotopic (exact) mass is 387 g/mol. The van der Waals surface area contributed by atoms with Gasteiger partial charge in [-0.2, -0.15) is 0 Å². The first kappa shape index (κ1) is 15.4. The Kier molecular flexibility index (Phi) is 5.10. The van der Waals surface area contributed by atoms with Gasteiger partial charge in [-0.3, -0.25) is 0 Å². The smallest absolute Gasteiger partial charge is 0.134 e. The highest BCUT2D eigenvalue weighted by molar-refractivity contribution is 14.1. The van der Waals surface area contributed by atoms with Crippen LogP contribution in [-0.4, -0.2) is 6.54 Å². The summed E-state index contributed by atoms with van der Waals surface area (Å²) in [7, 11) is 0. The standard InChI is InChI=1S/C16H16F2IN/c1-3-20-16(11-5-4-6-12(19)9-11)14-13(17)8-7-10(2)15(14)18/h4-9,16,20H,3H2,1-2H3. The van der Waals surface area contributed by atoms with E-state index in [1.165, 1.54) is 12.1 Å². The molecule has 1 unspecified atom stereocenters. The van der Waals surface area contributed by atoms with Crippen LogP contribution in [0.3, 0.4) is 0 Å². The van der Waals surface area contributed by atoms with Gasteiger partial charge in [0.25, 0.3) is 0 Å². The Balaban J connectivity index is 2.57.